The predicted molar refractivity (Wildman–Crippen MR) is 143 cm³/mol. The Morgan fingerprint density at radius 1 is 1.00 bits per heavy atom. The molecule has 2 unspecified atom stereocenters. The minimum absolute atomic E-state index is 0.00116. The van der Waals surface area contributed by atoms with Crippen LogP contribution >= 0.6 is 0 Å². The molecule has 3 saturated heterocycles. The Hall–Kier alpha value is -2.94. The SMILES string of the molecule is Cc1ccc(N2CCCS2=O)c(C(=O)N2CCCCC2c2cc3nc(N4CCCC4)c(C)cn3n2)c1. The van der Waals surface area contributed by atoms with E-state index in [4.69, 9.17) is 10.1 Å². The summed E-state index contributed by atoms with van der Waals surface area (Å²) in [4.78, 5) is 23.4. The van der Waals surface area contributed by atoms with E-state index in [1.807, 2.05) is 38.8 Å². The molecule has 8 nitrogen and oxygen atoms in total. The number of likely N-dealkylation sites (tertiary alicyclic amines) is 1. The number of carbonyl (C=O) groups excluding carboxylic acids is 1. The molecule has 36 heavy (non-hydrogen) atoms. The third kappa shape index (κ3) is 4.17. The first-order valence-electron chi connectivity index (χ1n) is 13.2. The molecule has 2 aromatic heterocycles. The maximum Gasteiger partial charge on any atom is 0.256 e. The number of aromatic nitrogens is 3. The number of hydrogen-bond donors (Lipinski definition) is 0. The highest BCUT2D eigenvalue weighted by atomic mass is 32.2. The van der Waals surface area contributed by atoms with Gasteiger partial charge in [0.15, 0.2) is 5.65 Å². The number of fused-ring (bicyclic) bond motifs is 1. The van der Waals surface area contributed by atoms with Crippen molar-refractivity contribution < 1.29 is 9.00 Å². The largest absolute Gasteiger partial charge is 0.356 e. The summed E-state index contributed by atoms with van der Waals surface area (Å²) in [5, 5.41) is 4.90. The Labute approximate surface area is 214 Å². The van der Waals surface area contributed by atoms with E-state index in [-0.39, 0.29) is 11.9 Å². The first kappa shape index (κ1) is 23.5. The normalized spacial score (nSPS) is 22.7. The fourth-order valence-corrected chi connectivity index (χ4v) is 7.19. The Balaban J connectivity index is 1.35. The summed E-state index contributed by atoms with van der Waals surface area (Å²) in [6.07, 6.45) is 8.28. The van der Waals surface area contributed by atoms with Crippen molar-refractivity contribution in [3.63, 3.8) is 0 Å². The van der Waals surface area contributed by atoms with Crippen molar-refractivity contribution in [1.82, 2.24) is 19.5 Å². The summed E-state index contributed by atoms with van der Waals surface area (Å²) in [5.74, 6) is 1.70. The molecule has 3 fully saturated rings. The number of hydrogen-bond acceptors (Lipinski definition) is 5. The van der Waals surface area contributed by atoms with Gasteiger partial charge in [0, 0.05) is 49.8 Å². The molecular weight excluding hydrogens is 472 g/mol. The van der Waals surface area contributed by atoms with Crippen LogP contribution in [0, 0.1) is 13.8 Å². The van der Waals surface area contributed by atoms with Crippen LogP contribution in [0.3, 0.4) is 0 Å². The molecule has 3 aliphatic heterocycles. The third-order valence-electron chi connectivity index (χ3n) is 7.71. The van der Waals surface area contributed by atoms with Gasteiger partial charge in [-0.1, -0.05) is 11.6 Å². The van der Waals surface area contributed by atoms with Gasteiger partial charge in [0.25, 0.3) is 5.91 Å². The first-order valence-corrected chi connectivity index (χ1v) is 14.5. The molecular formula is C27H34N6O2S. The zero-order valence-electron chi connectivity index (χ0n) is 21.2. The number of nitrogens with zero attached hydrogens (tertiary/aromatic N) is 6. The number of rotatable bonds is 4. The molecule has 2 atom stereocenters. The van der Waals surface area contributed by atoms with Crippen molar-refractivity contribution in [3.05, 3.63) is 52.8 Å². The van der Waals surface area contributed by atoms with E-state index in [1.165, 1.54) is 12.8 Å². The van der Waals surface area contributed by atoms with Crippen LogP contribution in [0.25, 0.3) is 5.65 Å². The molecule has 0 spiro atoms. The van der Waals surface area contributed by atoms with Gasteiger partial charge < -0.3 is 9.80 Å². The van der Waals surface area contributed by atoms with E-state index in [2.05, 4.69) is 24.1 Å². The summed E-state index contributed by atoms with van der Waals surface area (Å²) in [5.41, 5.74) is 5.31. The van der Waals surface area contributed by atoms with Crippen LogP contribution in [0.15, 0.2) is 30.5 Å². The van der Waals surface area contributed by atoms with Crippen LogP contribution in [0.1, 0.15) is 71.7 Å². The molecule has 1 aromatic carbocycles. The maximum atomic E-state index is 14.1. The molecule has 1 amide bonds. The van der Waals surface area contributed by atoms with Crippen LogP contribution < -0.4 is 9.21 Å². The van der Waals surface area contributed by atoms with E-state index in [0.29, 0.717) is 17.9 Å². The van der Waals surface area contributed by atoms with Crippen LogP contribution in [-0.2, 0) is 11.0 Å². The van der Waals surface area contributed by atoms with Gasteiger partial charge in [-0.05, 0) is 64.5 Å². The van der Waals surface area contributed by atoms with Gasteiger partial charge in [0.2, 0.25) is 0 Å². The van der Waals surface area contributed by atoms with Crippen molar-refractivity contribution in [3.8, 4) is 0 Å². The number of carbonyl (C=O) groups is 1. The number of piperidine rings is 1. The Bertz CT molecular complexity index is 1330. The van der Waals surface area contributed by atoms with E-state index in [0.717, 1.165) is 79.3 Å². The number of benzene rings is 1. The molecule has 190 valence electrons. The van der Waals surface area contributed by atoms with Gasteiger partial charge in [-0.25, -0.2) is 13.7 Å². The van der Waals surface area contributed by atoms with Crippen LogP contribution in [0.2, 0.25) is 0 Å². The second-order valence-electron chi connectivity index (χ2n) is 10.3. The third-order valence-corrected chi connectivity index (χ3v) is 9.22. The van der Waals surface area contributed by atoms with Crippen molar-refractivity contribution in [2.45, 2.75) is 58.4 Å². The molecule has 0 N–H and O–H groups in total. The Kier molecular flexibility index (Phi) is 6.19. The fraction of sp³-hybridized carbons (Fsp3) is 0.519. The smallest absolute Gasteiger partial charge is 0.256 e. The summed E-state index contributed by atoms with van der Waals surface area (Å²) in [7, 11) is -1.08. The van der Waals surface area contributed by atoms with Gasteiger partial charge in [0.1, 0.15) is 16.8 Å². The zero-order chi connectivity index (χ0) is 24.8. The van der Waals surface area contributed by atoms with Crippen molar-refractivity contribution in [2.75, 3.05) is 41.1 Å². The topological polar surface area (TPSA) is 74.1 Å². The number of amides is 1. The quantitative estimate of drug-likeness (QED) is 0.531. The minimum Gasteiger partial charge on any atom is -0.356 e. The molecule has 0 bridgehead atoms. The Morgan fingerprint density at radius 3 is 2.58 bits per heavy atom. The van der Waals surface area contributed by atoms with Crippen LogP contribution in [0.4, 0.5) is 11.5 Å². The molecule has 5 heterocycles. The van der Waals surface area contributed by atoms with E-state index < -0.39 is 11.0 Å². The first-order chi connectivity index (χ1) is 17.5. The van der Waals surface area contributed by atoms with Crippen molar-refractivity contribution in [1.29, 1.82) is 0 Å². The minimum atomic E-state index is -1.08. The van der Waals surface area contributed by atoms with E-state index in [1.54, 1.807) is 0 Å². The van der Waals surface area contributed by atoms with E-state index >= 15 is 0 Å². The second-order valence-corrected chi connectivity index (χ2v) is 11.8. The highest BCUT2D eigenvalue weighted by Crippen LogP contribution is 2.35. The Morgan fingerprint density at radius 2 is 1.81 bits per heavy atom. The molecule has 6 rings (SSSR count). The van der Waals surface area contributed by atoms with E-state index in [9.17, 15) is 9.00 Å². The summed E-state index contributed by atoms with van der Waals surface area (Å²) in [6.45, 7) is 7.62. The molecule has 3 aliphatic rings. The standard InChI is InChI=1S/C27H34N6O2S/c1-19-9-10-23(33-14-7-15-36(33)35)21(16-19)27(34)31-13-4-3-8-24(31)22-17-25-28-26(30-11-5-6-12-30)20(2)18-32(25)29-22/h9-10,16-18,24H,3-8,11-15H2,1-2H3. The zero-order valence-corrected chi connectivity index (χ0v) is 22.0. The average molecular weight is 507 g/mol. The van der Waals surface area contributed by atoms with Gasteiger partial charge >= 0.3 is 0 Å². The predicted octanol–water partition coefficient (Wildman–Crippen LogP) is 4.19. The lowest BCUT2D eigenvalue weighted by atomic mass is 9.97. The van der Waals surface area contributed by atoms with Crippen molar-refractivity contribution in [2.24, 2.45) is 0 Å². The monoisotopic (exact) mass is 506 g/mol. The van der Waals surface area contributed by atoms with Crippen LogP contribution in [0.5, 0.6) is 0 Å². The maximum absolute atomic E-state index is 14.1. The average Bonchev–Trinajstić information content (AvgIpc) is 3.64. The fourth-order valence-electron chi connectivity index (χ4n) is 5.88. The van der Waals surface area contributed by atoms with Gasteiger partial charge in [0.05, 0.1) is 23.0 Å². The van der Waals surface area contributed by atoms with Gasteiger partial charge in [-0.2, -0.15) is 5.10 Å². The summed E-state index contributed by atoms with van der Waals surface area (Å²) < 4.78 is 16.4. The molecule has 0 aliphatic carbocycles. The molecule has 9 heteroatoms. The molecule has 0 radical (unpaired) electrons. The lowest BCUT2D eigenvalue weighted by molar-refractivity contribution is 0.0606. The van der Waals surface area contributed by atoms with Crippen molar-refractivity contribution >= 4 is 34.0 Å². The van der Waals surface area contributed by atoms with Gasteiger partial charge in [-0.15, -0.1) is 0 Å². The lowest BCUT2D eigenvalue weighted by Crippen LogP contribution is -2.39. The number of anilines is 2. The molecule has 0 saturated carbocycles. The number of aryl methyl sites for hydroxylation is 2. The molecule has 3 aromatic rings. The summed E-state index contributed by atoms with van der Waals surface area (Å²) in [6, 6.07) is 7.88. The lowest BCUT2D eigenvalue weighted by Gasteiger charge is -2.35. The highest BCUT2D eigenvalue weighted by molar-refractivity contribution is 7.86. The van der Waals surface area contributed by atoms with Gasteiger partial charge in [-0.3, -0.25) is 9.10 Å². The highest BCUT2D eigenvalue weighted by Gasteiger charge is 2.34. The van der Waals surface area contributed by atoms with Crippen LogP contribution in [-0.4, -0.2) is 61.5 Å². The summed E-state index contributed by atoms with van der Waals surface area (Å²) >= 11 is 0. The second kappa shape index (κ2) is 9.50.